The number of halogens is 2. The molecule has 3 nitrogen and oxygen atoms in total. The van der Waals surface area contributed by atoms with Crippen LogP contribution >= 0.6 is 23.2 Å². The quantitative estimate of drug-likeness (QED) is 0.847. The van der Waals surface area contributed by atoms with E-state index in [1.165, 1.54) is 18.2 Å². The number of phenols is 1. The molecule has 0 spiro atoms. The first-order chi connectivity index (χ1) is 10.1. The second-order valence-corrected chi connectivity index (χ2v) is 5.35. The van der Waals surface area contributed by atoms with Crippen LogP contribution in [0.15, 0.2) is 48.5 Å². The topological polar surface area (TPSA) is 40.5 Å². The Kier molecular flexibility index (Phi) is 5.48. The van der Waals surface area contributed by atoms with Gasteiger partial charge in [0, 0.05) is 19.0 Å². The Morgan fingerprint density at radius 3 is 2.52 bits per heavy atom. The zero-order valence-electron chi connectivity index (χ0n) is 11.3. The standard InChI is InChI=1S/C16H15Cl2NO2/c17-8-9-19(11-12-4-2-1-3-5-12)16(21)14-10-13(20)6-7-15(14)18/h1-7,10,20H,8-9,11H2. The molecule has 0 unspecified atom stereocenters. The summed E-state index contributed by atoms with van der Waals surface area (Å²) in [5.41, 5.74) is 1.28. The van der Waals surface area contributed by atoms with Gasteiger partial charge < -0.3 is 10.0 Å². The zero-order chi connectivity index (χ0) is 15.2. The van der Waals surface area contributed by atoms with E-state index >= 15 is 0 Å². The highest BCUT2D eigenvalue weighted by molar-refractivity contribution is 6.33. The molecule has 0 saturated carbocycles. The Labute approximate surface area is 133 Å². The van der Waals surface area contributed by atoms with E-state index in [9.17, 15) is 9.90 Å². The van der Waals surface area contributed by atoms with Crippen molar-refractivity contribution in [1.29, 1.82) is 0 Å². The Morgan fingerprint density at radius 2 is 1.86 bits per heavy atom. The highest BCUT2D eigenvalue weighted by Gasteiger charge is 2.19. The fourth-order valence-electron chi connectivity index (χ4n) is 2.01. The van der Waals surface area contributed by atoms with E-state index in [4.69, 9.17) is 23.2 Å². The molecular formula is C16H15Cl2NO2. The number of alkyl halides is 1. The highest BCUT2D eigenvalue weighted by Crippen LogP contribution is 2.23. The van der Waals surface area contributed by atoms with Crippen molar-refractivity contribution in [3.05, 3.63) is 64.7 Å². The number of carbonyl (C=O) groups excluding carboxylic acids is 1. The lowest BCUT2D eigenvalue weighted by molar-refractivity contribution is 0.0753. The van der Waals surface area contributed by atoms with Crippen LogP contribution in [-0.4, -0.2) is 28.3 Å². The first-order valence-electron chi connectivity index (χ1n) is 6.49. The predicted octanol–water partition coefficient (Wildman–Crippen LogP) is 3.93. The van der Waals surface area contributed by atoms with Gasteiger partial charge in [0.15, 0.2) is 0 Å². The average Bonchev–Trinajstić information content (AvgIpc) is 2.49. The SMILES string of the molecule is O=C(c1cc(O)ccc1Cl)N(CCCl)Cc1ccccc1. The lowest BCUT2D eigenvalue weighted by Crippen LogP contribution is -2.32. The molecular weight excluding hydrogens is 309 g/mol. The summed E-state index contributed by atoms with van der Waals surface area (Å²) in [6, 6.07) is 14.0. The summed E-state index contributed by atoms with van der Waals surface area (Å²) in [7, 11) is 0. The molecule has 0 radical (unpaired) electrons. The van der Waals surface area contributed by atoms with Crippen LogP contribution in [0.25, 0.3) is 0 Å². The van der Waals surface area contributed by atoms with Crippen LogP contribution in [0, 0.1) is 0 Å². The van der Waals surface area contributed by atoms with Crippen molar-refractivity contribution in [1.82, 2.24) is 4.90 Å². The summed E-state index contributed by atoms with van der Waals surface area (Å²) >= 11 is 11.8. The molecule has 2 aromatic carbocycles. The molecule has 0 aliphatic carbocycles. The number of aromatic hydroxyl groups is 1. The van der Waals surface area contributed by atoms with Crippen LogP contribution in [0.3, 0.4) is 0 Å². The van der Waals surface area contributed by atoms with Crippen molar-refractivity contribution >= 4 is 29.1 Å². The van der Waals surface area contributed by atoms with Gasteiger partial charge >= 0.3 is 0 Å². The van der Waals surface area contributed by atoms with Crippen LogP contribution in [0.5, 0.6) is 5.75 Å². The summed E-state index contributed by atoms with van der Waals surface area (Å²) < 4.78 is 0. The summed E-state index contributed by atoms with van der Waals surface area (Å²) in [6.45, 7) is 0.847. The van der Waals surface area contributed by atoms with E-state index in [1.807, 2.05) is 30.3 Å². The minimum atomic E-state index is -0.250. The molecule has 1 amide bonds. The molecule has 1 N–H and O–H groups in total. The minimum absolute atomic E-state index is 0.00767. The van der Waals surface area contributed by atoms with Crippen LogP contribution in [-0.2, 0) is 6.54 Å². The number of rotatable bonds is 5. The first kappa shape index (κ1) is 15.7. The van der Waals surface area contributed by atoms with Gasteiger partial charge in [-0.1, -0.05) is 41.9 Å². The van der Waals surface area contributed by atoms with Crippen LogP contribution in [0.1, 0.15) is 15.9 Å². The molecule has 110 valence electrons. The normalized spacial score (nSPS) is 10.4. The smallest absolute Gasteiger partial charge is 0.255 e. The Bertz CT molecular complexity index is 617. The number of hydrogen-bond acceptors (Lipinski definition) is 2. The van der Waals surface area contributed by atoms with Gasteiger partial charge in [0.1, 0.15) is 5.75 Å². The van der Waals surface area contributed by atoms with Gasteiger partial charge in [-0.3, -0.25) is 4.79 Å². The largest absolute Gasteiger partial charge is 0.508 e. The van der Waals surface area contributed by atoms with E-state index < -0.39 is 0 Å². The second-order valence-electron chi connectivity index (χ2n) is 4.57. The van der Waals surface area contributed by atoms with Gasteiger partial charge in [0.25, 0.3) is 5.91 Å². The summed E-state index contributed by atoms with van der Waals surface area (Å²) in [6.07, 6.45) is 0. The maximum Gasteiger partial charge on any atom is 0.255 e. The van der Waals surface area contributed by atoms with Crippen molar-refractivity contribution in [3.63, 3.8) is 0 Å². The monoisotopic (exact) mass is 323 g/mol. The molecule has 0 aliphatic heterocycles. The maximum absolute atomic E-state index is 12.6. The van der Waals surface area contributed by atoms with Crippen molar-refractivity contribution < 1.29 is 9.90 Å². The van der Waals surface area contributed by atoms with Crippen LogP contribution in [0.2, 0.25) is 5.02 Å². The highest BCUT2D eigenvalue weighted by atomic mass is 35.5. The Balaban J connectivity index is 2.25. The second kappa shape index (κ2) is 7.34. The maximum atomic E-state index is 12.6. The minimum Gasteiger partial charge on any atom is -0.508 e. The van der Waals surface area contributed by atoms with Gasteiger partial charge in [-0.15, -0.1) is 11.6 Å². The molecule has 21 heavy (non-hydrogen) atoms. The van der Waals surface area contributed by atoms with E-state index in [-0.39, 0.29) is 17.2 Å². The number of hydrogen-bond donors (Lipinski definition) is 1. The number of carbonyl (C=O) groups is 1. The molecule has 5 heteroatoms. The molecule has 0 heterocycles. The van der Waals surface area contributed by atoms with E-state index in [0.29, 0.717) is 24.0 Å². The zero-order valence-corrected chi connectivity index (χ0v) is 12.8. The predicted molar refractivity (Wildman–Crippen MR) is 85.0 cm³/mol. The molecule has 0 bridgehead atoms. The molecule has 2 aromatic rings. The van der Waals surface area contributed by atoms with Crippen molar-refractivity contribution in [2.45, 2.75) is 6.54 Å². The van der Waals surface area contributed by atoms with E-state index in [2.05, 4.69) is 0 Å². The molecule has 0 saturated heterocycles. The van der Waals surface area contributed by atoms with Crippen molar-refractivity contribution in [2.24, 2.45) is 0 Å². The Morgan fingerprint density at radius 1 is 1.14 bits per heavy atom. The molecule has 0 aliphatic rings. The van der Waals surface area contributed by atoms with Crippen molar-refractivity contribution in [3.8, 4) is 5.75 Å². The van der Waals surface area contributed by atoms with Gasteiger partial charge in [-0.2, -0.15) is 0 Å². The summed E-state index contributed by atoms with van der Waals surface area (Å²) in [4.78, 5) is 14.2. The van der Waals surface area contributed by atoms with Gasteiger partial charge in [-0.05, 0) is 23.8 Å². The lowest BCUT2D eigenvalue weighted by atomic mass is 10.1. The third kappa shape index (κ3) is 4.13. The number of benzene rings is 2. The Hall–Kier alpha value is -1.71. The lowest BCUT2D eigenvalue weighted by Gasteiger charge is -2.22. The van der Waals surface area contributed by atoms with E-state index in [0.717, 1.165) is 5.56 Å². The first-order valence-corrected chi connectivity index (χ1v) is 7.40. The summed E-state index contributed by atoms with van der Waals surface area (Å²) in [5, 5.41) is 9.84. The van der Waals surface area contributed by atoms with Gasteiger partial charge in [-0.25, -0.2) is 0 Å². The van der Waals surface area contributed by atoms with Crippen LogP contribution < -0.4 is 0 Å². The number of amides is 1. The molecule has 0 atom stereocenters. The molecule has 2 rings (SSSR count). The molecule has 0 fully saturated rings. The van der Waals surface area contributed by atoms with Gasteiger partial charge in [0.05, 0.1) is 10.6 Å². The third-order valence-corrected chi connectivity index (χ3v) is 3.54. The molecule has 0 aromatic heterocycles. The van der Waals surface area contributed by atoms with E-state index in [1.54, 1.807) is 4.90 Å². The van der Waals surface area contributed by atoms with Crippen molar-refractivity contribution in [2.75, 3.05) is 12.4 Å². The fourth-order valence-corrected chi connectivity index (χ4v) is 2.41. The van der Waals surface area contributed by atoms with Gasteiger partial charge in [0.2, 0.25) is 0 Å². The number of nitrogens with zero attached hydrogens (tertiary/aromatic N) is 1. The number of phenolic OH excluding ortho intramolecular Hbond substituents is 1. The summed E-state index contributed by atoms with van der Waals surface area (Å²) in [5.74, 6) is 0.0864. The fraction of sp³-hybridized carbons (Fsp3) is 0.188. The third-order valence-electron chi connectivity index (χ3n) is 3.04. The average molecular weight is 324 g/mol. The van der Waals surface area contributed by atoms with Crippen LogP contribution in [0.4, 0.5) is 0 Å².